The number of fused-ring (bicyclic) bond motifs is 1. The number of hydrogen-bond donors (Lipinski definition) is 2. The molecule has 6 heteroatoms. The molecule has 0 aliphatic rings. The Morgan fingerprint density at radius 2 is 1.63 bits per heavy atom. The average Bonchev–Trinajstić information content (AvgIpc) is 2.66. The minimum absolute atomic E-state index is 0.120. The summed E-state index contributed by atoms with van der Waals surface area (Å²) in [5.41, 5.74) is 2.12. The smallest absolute Gasteiger partial charge is 0.251 e. The highest BCUT2D eigenvalue weighted by atomic mass is 32.2. The third-order valence-electron chi connectivity index (χ3n) is 4.35. The maximum absolute atomic E-state index is 12.4. The van der Waals surface area contributed by atoms with E-state index in [1.54, 1.807) is 25.1 Å². The second-order valence-corrected chi connectivity index (χ2v) is 8.22. The van der Waals surface area contributed by atoms with Crippen molar-refractivity contribution >= 4 is 26.7 Å². The fourth-order valence-electron chi connectivity index (χ4n) is 2.87. The molecule has 0 fully saturated rings. The van der Waals surface area contributed by atoms with Crippen LogP contribution in [0.15, 0.2) is 65.6 Å². The van der Waals surface area contributed by atoms with Crippen molar-refractivity contribution in [2.45, 2.75) is 18.7 Å². The van der Waals surface area contributed by atoms with Crippen molar-refractivity contribution in [2.75, 3.05) is 13.1 Å². The summed E-state index contributed by atoms with van der Waals surface area (Å²) in [6.07, 6.45) is 0. The van der Waals surface area contributed by atoms with Crippen molar-refractivity contribution in [2.24, 2.45) is 0 Å². The van der Waals surface area contributed by atoms with E-state index in [1.807, 2.05) is 49.4 Å². The van der Waals surface area contributed by atoms with Crippen LogP contribution in [0.4, 0.5) is 0 Å². The van der Waals surface area contributed by atoms with Crippen molar-refractivity contribution < 1.29 is 13.2 Å². The highest BCUT2D eigenvalue weighted by molar-refractivity contribution is 7.89. The van der Waals surface area contributed by atoms with Crippen LogP contribution >= 0.6 is 0 Å². The topological polar surface area (TPSA) is 75.3 Å². The molecule has 0 atom stereocenters. The number of sulfonamides is 1. The number of benzene rings is 3. The van der Waals surface area contributed by atoms with Gasteiger partial charge in [0.15, 0.2) is 0 Å². The van der Waals surface area contributed by atoms with Gasteiger partial charge in [-0.15, -0.1) is 0 Å². The minimum Gasteiger partial charge on any atom is -0.351 e. The molecule has 5 nitrogen and oxygen atoms in total. The number of carbonyl (C=O) groups is 1. The maximum atomic E-state index is 12.4. The first-order valence-corrected chi connectivity index (χ1v) is 10.2. The van der Waals surface area contributed by atoms with Crippen molar-refractivity contribution in [3.05, 3.63) is 77.4 Å². The summed E-state index contributed by atoms with van der Waals surface area (Å²) in [6, 6.07) is 18.6. The van der Waals surface area contributed by atoms with Crippen LogP contribution in [-0.4, -0.2) is 27.4 Å². The summed E-state index contributed by atoms with van der Waals surface area (Å²) in [7, 11) is -3.61. The Labute approximate surface area is 159 Å². The molecule has 3 rings (SSSR count). The van der Waals surface area contributed by atoms with E-state index in [2.05, 4.69) is 10.0 Å². The molecule has 3 aromatic carbocycles. The zero-order valence-corrected chi connectivity index (χ0v) is 16.1. The van der Waals surface area contributed by atoms with E-state index >= 15 is 0 Å². The molecule has 140 valence electrons. The van der Waals surface area contributed by atoms with E-state index in [-0.39, 0.29) is 23.9 Å². The van der Waals surface area contributed by atoms with Crippen molar-refractivity contribution in [3.8, 4) is 0 Å². The zero-order chi connectivity index (χ0) is 19.4. The molecule has 0 spiro atoms. The third-order valence-corrected chi connectivity index (χ3v) is 5.95. The standard InChI is InChI=1S/C21H22N2O3S/c1-15-7-8-16(2)20(13-15)27(25,26)23-12-11-22-21(24)19-10-9-17-5-3-4-6-18(17)14-19/h3-10,13-14,23H,11-12H2,1-2H3,(H,22,24). The molecule has 0 aliphatic carbocycles. The first-order valence-electron chi connectivity index (χ1n) is 8.71. The van der Waals surface area contributed by atoms with E-state index < -0.39 is 10.0 Å². The van der Waals surface area contributed by atoms with Crippen LogP contribution in [0.5, 0.6) is 0 Å². The second kappa shape index (κ2) is 7.90. The van der Waals surface area contributed by atoms with Crippen LogP contribution in [0.2, 0.25) is 0 Å². The highest BCUT2D eigenvalue weighted by Crippen LogP contribution is 2.17. The fourth-order valence-corrected chi connectivity index (χ4v) is 4.23. The van der Waals surface area contributed by atoms with E-state index in [1.165, 1.54) is 0 Å². The molecular formula is C21H22N2O3S. The molecule has 0 aromatic heterocycles. The zero-order valence-electron chi connectivity index (χ0n) is 15.3. The normalized spacial score (nSPS) is 11.5. The van der Waals surface area contributed by atoms with Crippen LogP contribution in [0.3, 0.4) is 0 Å². The van der Waals surface area contributed by atoms with E-state index in [0.717, 1.165) is 16.3 Å². The minimum atomic E-state index is -3.61. The van der Waals surface area contributed by atoms with E-state index in [4.69, 9.17) is 0 Å². The monoisotopic (exact) mass is 382 g/mol. The number of aryl methyl sites for hydroxylation is 2. The van der Waals surface area contributed by atoms with E-state index in [0.29, 0.717) is 11.1 Å². The summed E-state index contributed by atoms with van der Waals surface area (Å²) >= 11 is 0. The summed E-state index contributed by atoms with van der Waals surface area (Å²) in [5, 5.41) is 4.80. The summed E-state index contributed by atoms with van der Waals surface area (Å²) < 4.78 is 27.4. The van der Waals surface area contributed by atoms with Gasteiger partial charge in [-0.25, -0.2) is 13.1 Å². The Morgan fingerprint density at radius 3 is 2.41 bits per heavy atom. The Kier molecular flexibility index (Phi) is 5.58. The van der Waals surface area contributed by atoms with Crippen LogP contribution in [0.1, 0.15) is 21.5 Å². The molecule has 3 aromatic rings. The van der Waals surface area contributed by atoms with Gasteiger partial charge in [0.05, 0.1) is 4.90 Å². The maximum Gasteiger partial charge on any atom is 0.251 e. The lowest BCUT2D eigenvalue weighted by atomic mass is 10.1. The number of carbonyl (C=O) groups excluding carboxylic acids is 1. The lowest BCUT2D eigenvalue weighted by Gasteiger charge is -2.11. The number of hydrogen-bond acceptors (Lipinski definition) is 3. The molecule has 0 saturated carbocycles. The van der Waals surface area contributed by atoms with Crippen molar-refractivity contribution in [1.82, 2.24) is 10.0 Å². The van der Waals surface area contributed by atoms with Gasteiger partial charge in [-0.3, -0.25) is 4.79 Å². The molecule has 0 bridgehead atoms. The van der Waals surface area contributed by atoms with Crippen LogP contribution in [-0.2, 0) is 10.0 Å². The fraction of sp³-hybridized carbons (Fsp3) is 0.190. The van der Waals surface area contributed by atoms with Gasteiger partial charge >= 0.3 is 0 Å². The van der Waals surface area contributed by atoms with Gasteiger partial charge in [0.25, 0.3) is 5.91 Å². The number of nitrogens with one attached hydrogen (secondary N) is 2. The molecule has 1 amide bonds. The van der Waals surface area contributed by atoms with Gasteiger partial charge < -0.3 is 5.32 Å². The molecule has 0 saturated heterocycles. The molecule has 2 N–H and O–H groups in total. The van der Waals surface area contributed by atoms with Gasteiger partial charge in [0, 0.05) is 18.7 Å². The second-order valence-electron chi connectivity index (χ2n) is 6.48. The van der Waals surface area contributed by atoms with Crippen LogP contribution in [0.25, 0.3) is 10.8 Å². The first kappa shape index (κ1) is 19.1. The van der Waals surface area contributed by atoms with Crippen LogP contribution < -0.4 is 10.0 Å². The highest BCUT2D eigenvalue weighted by Gasteiger charge is 2.16. The Morgan fingerprint density at radius 1 is 0.889 bits per heavy atom. The molecule has 27 heavy (non-hydrogen) atoms. The Hall–Kier alpha value is -2.70. The van der Waals surface area contributed by atoms with Gasteiger partial charge in [-0.2, -0.15) is 0 Å². The van der Waals surface area contributed by atoms with E-state index in [9.17, 15) is 13.2 Å². The summed E-state index contributed by atoms with van der Waals surface area (Å²) in [6.45, 7) is 3.93. The quantitative estimate of drug-likeness (QED) is 0.643. The summed E-state index contributed by atoms with van der Waals surface area (Å²) in [4.78, 5) is 12.6. The van der Waals surface area contributed by atoms with Gasteiger partial charge in [0.2, 0.25) is 10.0 Å². The first-order chi connectivity index (χ1) is 12.9. The molecule has 0 heterocycles. The Balaban J connectivity index is 1.59. The third kappa shape index (κ3) is 4.53. The lowest BCUT2D eigenvalue weighted by molar-refractivity contribution is 0.0954. The average molecular weight is 382 g/mol. The largest absolute Gasteiger partial charge is 0.351 e. The predicted octanol–water partition coefficient (Wildman–Crippen LogP) is 3.16. The van der Waals surface area contributed by atoms with Gasteiger partial charge in [-0.05, 0) is 53.9 Å². The van der Waals surface area contributed by atoms with Crippen molar-refractivity contribution in [3.63, 3.8) is 0 Å². The predicted molar refractivity (Wildman–Crippen MR) is 107 cm³/mol. The molecular weight excluding hydrogens is 360 g/mol. The number of amides is 1. The molecule has 0 unspecified atom stereocenters. The molecule has 0 aliphatic heterocycles. The summed E-state index contributed by atoms with van der Waals surface area (Å²) in [5.74, 6) is -0.230. The Bertz CT molecular complexity index is 1090. The SMILES string of the molecule is Cc1ccc(C)c(S(=O)(=O)NCCNC(=O)c2ccc3ccccc3c2)c1. The molecule has 0 radical (unpaired) electrons. The lowest BCUT2D eigenvalue weighted by Crippen LogP contribution is -2.35. The number of rotatable bonds is 6. The van der Waals surface area contributed by atoms with Crippen LogP contribution in [0, 0.1) is 13.8 Å². The van der Waals surface area contributed by atoms with Crippen molar-refractivity contribution in [1.29, 1.82) is 0 Å². The van der Waals surface area contributed by atoms with Gasteiger partial charge in [-0.1, -0.05) is 42.5 Å². The van der Waals surface area contributed by atoms with Gasteiger partial charge in [0.1, 0.15) is 0 Å².